The predicted octanol–water partition coefficient (Wildman–Crippen LogP) is 3.75. The highest BCUT2D eigenvalue weighted by Crippen LogP contribution is 2.23. The van der Waals surface area contributed by atoms with Gasteiger partial charge in [0.2, 0.25) is 0 Å². The van der Waals surface area contributed by atoms with Crippen molar-refractivity contribution in [2.45, 2.75) is 33.6 Å². The molecule has 0 fully saturated rings. The van der Waals surface area contributed by atoms with Gasteiger partial charge in [0.15, 0.2) is 0 Å². The first kappa shape index (κ1) is 9.31. The third-order valence-corrected chi connectivity index (χ3v) is 2.57. The van der Waals surface area contributed by atoms with E-state index in [9.17, 15) is 0 Å². The lowest BCUT2D eigenvalue weighted by Gasteiger charge is -2.16. The minimum absolute atomic E-state index is 0.671. The second kappa shape index (κ2) is 3.75. The van der Waals surface area contributed by atoms with Gasteiger partial charge in [-0.3, -0.25) is 0 Å². The molecule has 0 aliphatic rings. The molecule has 0 amide bonds. The molecule has 0 unspecified atom stereocenters. The Kier molecular flexibility index (Phi) is 2.91. The maximum Gasteiger partial charge on any atom is -0.0167 e. The van der Waals surface area contributed by atoms with Gasteiger partial charge >= 0.3 is 0 Å². The molecule has 1 atom stereocenters. The minimum atomic E-state index is 0.671. The topological polar surface area (TPSA) is 0 Å². The molecule has 0 saturated heterocycles. The van der Waals surface area contributed by atoms with E-state index >= 15 is 0 Å². The fourth-order valence-electron chi connectivity index (χ4n) is 1.34. The van der Waals surface area contributed by atoms with Crippen LogP contribution in [0.15, 0.2) is 24.3 Å². The van der Waals surface area contributed by atoms with Crippen LogP contribution >= 0.6 is 0 Å². The van der Waals surface area contributed by atoms with Crippen LogP contribution in [0.2, 0.25) is 0 Å². The van der Waals surface area contributed by atoms with E-state index in [0.29, 0.717) is 5.92 Å². The number of rotatable bonds is 2. The maximum absolute atomic E-state index is 2.29. The Morgan fingerprint density at radius 2 is 1.75 bits per heavy atom. The molecular formula is C12H18. The zero-order valence-corrected chi connectivity index (χ0v) is 8.46. The molecule has 0 aliphatic heterocycles. The third kappa shape index (κ3) is 2.10. The normalized spacial score (nSPS) is 13.4. The van der Waals surface area contributed by atoms with Crippen molar-refractivity contribution in [1.82, 2.24) is 0 Å². The smallest absolute Gasteiger partial charge is 0.0167 e. The third-order valence-electron chi connectivity index (χ3n) is 2.57. The van der Waals surface area contributed by atoms with Crippen LogP contribution in [0.5, 0.6) is 0 Å². The van der Waals surface area contributed by atoms with Crippen LogP contribution in [0.3, 0.4) is 0 Å². The summed E-state index contributed by atoms with van der Waals surface area (Å²) in [5.41, 5.74) is 2.82. The van der Waals surface area contributed by atoms with Crippen LogP contribution in [0.25, 0.3) is 0 Å². The average Bonchev–Trinajstić information content (AvgIpc) is 2.03. The van der Waals surface area contributed by atoms with Crippen LogP contribution in [-0.4, -0.2) is 0 Å². The van der Waals surface area contributed by atoms with Crippen LogP contribution in [0, 0.1) is 12.8 Å². The summed E-state index contributed by atoms with van der Waals surface area (Å²) in [6.07, 6.45) is 0. The largest absolute Gasteiger partial charge is 0.0622 e. The van der Waals surface area contributed by atoms with Crippen molar-refractivity contribution in [2.75, 3.05) is 0 Å². The molecule has 12 heavy (non-hydrogen) atoms. The van der Waals surface area contributed by atoms with Gasteiger partial charge in [-0.25, -0.2) is 0 Å². The Labute approximate surface area is 75.6 Å². The van der Waals surface area contributed by atoms with Crippen molar-refractivity contribution in [3.8, 4) is 0 Å². The molecule has 0 saturated carbocycles. The Hall–Kier alpha value is -0.780. The van der Waals surface area contributed by atoms with E-state index in [1.807, 2.05) is 0 Å². The van der Waals surface area contributed by atoms with Crippen molar-refractivity contribution >= 4 is 0 Å². The Bertz CT molecular complexity index is 248. The van der Waals surface area contributed by atoms with Crippen molar-refractivity contribution in [2.24, 2.45) is 5.92 Å². The van der Waals surface area contributed by atoms with Crippen LogP contribution < -0.4 is 0 Å². The van der Waals surface area contributed by atoms with Crippen LogP contribution in [0.1, 0.15) is 37.8 Å². The maximum atomic E-state index is 2.29. The molecule has 0 heteroatoms. The molecule has 1 rings (SSSR count). The lowest BCUT2D eigenvalue weighted by atomic mass is 9.90. The summed E-state index contributed by atoms with van der Waals surface area (Å²) in [7, 11) is 0. The van der Waals surface area contributed by atoms with Gasteiger partial charge in [-0.15, -0.1) is 0 Å². The second-order valence-corrected chi connectivity index (χ2v) is 3.95. The fourth-order valence-corrected chi connectivity index (χ4v) is 1.34. The molecular weight excluding hydrogens is 144 g/mol. The summed E-state index contributed by atoms with van der Waals surface area (Å²) in [4.78, 5) is 0. The molecule has 0 spiro atoms. The summed E-state index contributed by atoms with van der Waals surface area (Å²) in [5, 5.41) is 0. The first-order chi connectivity index (χ1) is 5.61. The monoisotopic (exact) mass is 162 g/mol. The SMILES string of the molecule is Cc1cccc([C@@H](C)C(C)C)c1. The standard InChI is InChI=1S/C12H18/c1-9(2)11(4)12-7-5-6-10(3)8-12/h5-9,11H,1-4H3/t11-/m0/s1. The van der Waals surface area contributed by atoms with E-state index in [-0.39, 0.29) is 0 Å². The highest BCUT2D eigenvalue weighted by atomic mass is 14.1. The number of aryl methyl sites for hydroxylation is 1. The first-order valence-electron chi connectivity index (χ1n) is 4.68. The van der Waals surface area contributed by atoms with Gasteiger partial charge < -0.3 is 0 Å². The van der Waals surface area contributed by atoms with Crippen LogP contribution in [0.4, 0.5) is 0 Å². The van der Waals surface area contributed by atoms with Gasteiger partial charge in [0.25, 0.3) is 0 Å². The molecule has 1 aromatic rings. The van der Waals surface area contributed by atoms with Gasteiger partial charge in [0.1, 0.15) is 0 Å². The lowest BCUT2D eigenvalue weighted by molar-refractivity contribution is 0.535. The average molecular weight is 162 g/mol. The summed E-state index contributed by atoms with van der Waals surface area (Å²) < 4.78 is 0. The van der Waals surface area contributed by atoms with Gasteiger partial charge in [0.05, 0.1) is 0 Å². The molecule has 1 aromatic carbocycles. The highest BCUT2D eigenvalue weighted by Gasteiger charge is 2.08. The van der Waals surface area contributed by atoms with E-state index in [1.54, 1.807) is 0 Å². The minimum Gasteiger partial charge on any atom is -0.0622 e. The quantitative estimate of drug-likeness (QED) is 0.621. The number of hydrogen-bond donors (Lipinski definition) is 0. The summed E-state index contributed by atoms with van der Waals surface area (Å²) in [6, 6.07) is 8.79. The zero-order valence-electron chi connectivity index (χ0n) is 8.46. The molecule has 0 N–H and O–H groups in total. The van der Waals surface area contributed by atoms with Crippen LogP contribution in [-0.2, 0) is 0 Å². The lowest BCUT2D eigenvalue weighted by Crippen LogP contribution is -2.01. The molecule has 0 bridgehead atoms. The Morgan fingerprint density at radius 1 is 1.08 bits per heavy atom. The molecule has 0 nitrogen and oxygen atoms in total. The van der Waals surface area contributed by atoms with E-state index in [2.05, 4.69) is 52.0 Å². The van der Waals surface area contributed by atoms with E-state index in [0.717, 1.165) is 5.92 Å². The molecule has 0 heterocycles. The van der Waals surface area contributed by atoms with Crippen molar-refractivity contribution < 1.29 is 0 Å². The first-order valence-corrected chi connectivity index (χ1v) is 4.68. The zero-order chi connectivity index (χ0) is 9.14. The van der Waals surface area contributed by atoms with Crippen molar-refractivity contribution in [1.29, 1.82) is 0 Å². The Balaban J connectivity index is 2.88. The molecule has 0 aromatic heterocycles. The summed E-state index contributed by atoms with van der Waals surface area (Å²) in [5.74, 6) is 1.40. The van der Waals surface area contributed by atoms with Crippen molar-refractivity contribution in [3.63, 3.8) is 0 Å². The molecule has 0 radical (unpaired) electrons. The van der Waals surface area contributed by atoms with Gasteiger partial charge in [0, 0.05) is 0 Å². The molecule has 66 valence electrons. The highest BCUT2D eigenvalue weighted by molar-refractivity contribution is 5.25. The van der Waals surface area contributed by atoms with E-state index in [1.165, 1.54) is 11.1 Å². The van der Waals surface area contributed by atoms with E-state index < -0.39 is 0 Å². The van der Waals surface area contributed by atoms with Crippen molar-refractivity contribution in [3.05, 3.63) is 35.4 Å². The number of benzene rings is 1. The Morgan fingerprint density at radius 3 is 2.25 bits per heavy atom. The predicted molar refractivity (Wildman–Crippen MR) is 54.4 cm³/mol. The van der Waals surface area contributed by atoms with Gasteiger partial charge in [-0.2, -0.15) is 0 Å². The summed E-state index contributed by atoms with van der Waals surface area (Å²) in [6.45, 7) is 8.98. The van der Waals surface area contributed by atoms with Gasteiger partial charge in [-0.1, -0.05) is 50.6 Å². The molecule has 0 aliphatic carbocycles. The van der Waals surface area contributed by atoms with Gasteiger partial charge in [-0.05, 0) is 24.3 Å². The summed E-state index contributed by atoms with van der Waals surface area (Å²) >= 11 is 0. The second-order valence-electron chi connectivity index (χ2n) is 3.95. The number of hydrogen-bond acceptors (Lipinski definition) is 0. The fraction of sp³-hybridized carbons (Fsp3) is 0.500. The van der Waals surface area contributed by atoms with E-state index in [4.69, 9.17) is 0 Å².